The van der Waals surface area contributed by atoms with E-state index in [0.29, 0.717) is 0 Å². The van der Waals surface area contributed by atoms with Crippen LogP contribution in [0.3, 0.4) is 0 Å². The smallest absolute Gasteiger partial charge is 0.119 e. The summed E-state index contributed by atoms with van der Waals surface area (Å²) in [4.78, 5) is 0. The lowest BCUT2D eigenvalue weighted by Crippen LogP contribution is -2.08. The van der Waals surface area contributed by atoms with Gasteiger partial charge in [0, 0.05) is 14.9 Å². The molecule has 0 saturated heterocycles. The van der Waals surface area contributed by atoms with Gasteiger partial charge < -0.3 is 9.84 Å². The van der Waals surface area contributed by atoms with Crippen molar-refractivity contribution in [3.05, 3.63) is 62.5 Å². The molecule has 0 saturated carbocycles. The Kier molecular flexibility index (Phi) is 5.64. The summed E-state index contributed by atoms with van der Waals surface area (Å²) in [7, 11) is 1.66. The minimum absolute atomic E-state index is 0.0657. The average Bonchev–Trinajstić information content (AvgIpc) is 2.46. The molecule has 2 nitrogen and oxygen atoms in total. The summed E-state index contributed by atoms with van der Waals surface area (Å²) >= 11 is 7.03. The van der Waals surface area contributed by atoms with Crippen LogP contribution in [0.15, 0.2) is 51.4 Å². The maximum atomic E-state index is 9.69. The second-order valence-corrected chi connectivity index (χ2v) is 6.37. The molecule has 0 aliphatic carbocycles. The lowest BCUT2D eigenvalue weighted by molar-refractivity contribution is 0.264. The van der Waals surface area contributed by atoms with Crippen LogP contribution in [0, 0.1) is 0 Å². The molecule has 0 aromatic heterocycles. The number of methoxy groups -OCH3 is 1. The van der Waals surface area contributed by atoms with Crippen molar-refractivity contribution in [3.63, 3.8) is 0 Å². The average molecular weight is 400 g/mol. The third-order valence-corrected chi connectivity index (χ3v) is 4.53. The molecule has 20 heavy (non-hydrogen) atoms. The Morgan fingerprint density at radius 3 is 2.60 bits per heavy atom. The molecule has 0 aliphatic rings. The van der Waals surface area contributed by atoms with E-state index in [2.05, 4.69) is 37.9 Å². The van der Waals surface area contributed by atoms with Gasteiger partial charge in [0.2, 0.25) is 0 Å². The zero-order valence-electron chi connectivity index (χ0n) is 11.1. The van der Waals surface area contributed by atoms with E-state index in [9.17, 15) is 5.11 Å². The van der Waals surface area contributed by atoms with E-state index in [1.165, 1.54) is 0 Å². The van der Waals surface area contributed by atoms with Crippen LogP contribution in [0.2, 0.25) is 0 Å². The van der Waals surface area contributed by atoms with Crippen molar-refractivity contribution in [2.45, 2.75) is 12.3 Å². The Morgan fingerprint density at radius 1 is 1.15 bits per heavy atom. The zero-order chi connectivity index (χ0) is 14.5. The van der Waals surface area contributed by atoms with Gasteiger partial charge in [-0.3, -0.25) is 0 Å². The van der Waals surface area contributed by atoms with E-state index in [0.717, 1.165) is 32.2 Å². The van der Waals surface area contributed by atoms with Crippen molar-refractivity contribution < 1.29 is 9.84 Å². The summed E-state index contributed by atoms with van der Waals surface area (Å²) in [5.41, 5.74) is 2.25. The molecule has 1 atom stereocenters. The fraction of sp³-hybridized carbons (Fsp3) is 0.250. The molecule has 0 fully saturated rings. The quantitative estimate of drug-likeness (QED) is 0.799. The first-order chi connectivity index (χ1) is 9.63. The highest BCUT2D eigenvalue weighted by Crippen LogP contribution is 2.29. The first kappa shape index (κ1) is 15.5. The molecule has 0 aliphatic heterocycles. The minimum atomic E-state index is 0.0657. The predicted molar refractivity (Wildman–Crippen MR) is 88.4 cm³/mol. The molecule has 0 radical (unpaired) electrons. The monoisotopic (exact) mass is 398 g/mol. The van der Waals surface area contributed by atoms with Crippen molar-refractivity contribution >= 4 is 31.9 Å². The van der Waals surface area contributed by atoms with Gasteiger partial charge in [-0.15, -0.1) is 0 Å². The Bertz CT molecular complexity index is 584. The summed E-state index contributed by atoms with van der Waals surface area (Å²) in [6.07, 6.45) is 0.755. The molecule has 2 aromatic rings. The second-order valence-electron chi connectivity index (χ2n) is 4.60. The lowest BCUT2D eigenvalue weighted by Gasteiger charge is -2.16. The van der Waals surface area contributed by atoms with E-state index >= 15 is 0 Å². The standard InChI is InChI=1S/C16H16Br2O2/c1-20-15-5-6-16(18)12(9-15)7-13(10-19)11-3-2-4-14(17)8-11/h2-6,8-9,13,19H,7,10H2,1H3. The van der Waals surface area contributed by atoms with Crippen molar-refractivity contribution in [1.82, 2.24) is 0 Å². The Morgan fingerprint density at radius 2 is 1.95 bits per heavy atom. The third-order valence-electron chi connectivity index (χ3n) is 3.26. The molecule has 0 heterocycles. The first-order valence-electron chi connectivity index (χ1n) is 6.32. The molecule has 2 aromatic carbocycles. The second kappa shape index (κ2) is 7.25. The van der Waals surface area contributed by atoms with Crippen LogP contribution < -0.4 is 4.74 Å². The van der Waals surface area contributed by atoms with Crippen molar-refractivity contribution in [1.29, 1.82) is 0 Å². The maximum Gasteiger partial charge on any atom is 0.119 e. The van der Waals surface area contributed by atoms with Crippen LogP contribution >= 0.6 is 31.9 Å². The highest BCUT2D eigenvalue weighted by molar-refractivity contribution is 9.10. The zero-order valence-corrected chi connectivity index (χ0v) is 14.3. The molecule has 0 bridgehead atoms. The number of halogens is 2. The van der Waals surface area contributed by atoms with Crippen LogP contribution in [0.25, 0.3) is 0 Å². The van der Waals surface area contributed by atoms with Crippen LogP contribution in [-0.4, -0.2) is 18.8 Å². The molecule has 2 rings (SSSR count). The first-order valence-corrected chi connectivity index (χ1v) is 7.91. The summed E-state index contributed by atoms with van der Waals surface area (Å²) in [6, 6.07) is 14.0. The van der Waals surface area contributed by atoms with Gasteiger partial charge in [-0.25, -0.2) is 0 Å². The Hall–Kier alpha value is -0.840. The Balaban J connectivity index is 2.26. The summed E-state index contributed by atoms with van der Waals surface area (Å²) < 4.78 is 7.32. The maximum absolute atomic E-state index is 9.69. The summed E-state index contributed by atoms with van der Waals surface area (Å²) in [6.45, 7) is 0.111. The number of hydrogen-bond donors (Lipinski definition) is 1. The van der Waals surface area contributed by atoms with Crippen LogP contribution in [0.5, 0.6) is 5.75 Å². The van der Waals surface area contributed by atoms with Gasteiger partial charge in [-0.05, 0) is 47.9 Å². The number of aliphatic hydroxyl groups excluding tert-OH is 1. The molecule has 0 spiro atoms. The number of aliphatic hydroxyl groups is 1. The van der Waals surface area contributed by atoms with Crippen LogP contribution in [0.4, 0.5) is 0 Å². The topological polar surface area (TPSA) is 29.5 Å². The van der Waals surface area contributed by atoms with Crippen molar-refractivity contribution in [3.8, 4) is 5.75 Å². The number of ether oxygens (including phenoxy) is 1. The Labute approximate surface area is 136 Å². The fourth-order valence-corrected chi connectivity index (χ4v) is 2.97. The number of hydrogen-bond acceptors (Lipinski definition) is 2. The molecule has 1 N–H and O–H groups in total. The van der Waals surface area contributed by atoms with Gasteiger partial charge >= 0.3 is 0 Å². The van der Waals surface area contributed by atoms with Gasteiger partial charge in [0.1, 0.15) is 5.75 Å². The summed E-state index contributed by atoms with van der Waals surface area (Å²) in [5, 5.41) is 9.69. The van der Waals surface area contributed by atoms with Gasteiger partial charge in [0.15, 0.2) is 0 Å². The van der Waals surface area contributed by atoms with Crippen molar-refractivity contribution in [2.24, 2.45) is 0 Å². The molecule has 1 unspecified atom stereocenters. The number of rotatable bonds is 5. The highest BCUT2D eigenvalue weighted by Gasteiger charge is 2.14. The van der Waals surface area contributed by atoms with Crippen LogP contribution in [0.1, 0.15) is 17.0 Å². The van der Waals surface area contributed by atoms with E-state index in [4.69, 9.17) is 4.74 Å². The molecule has 0 amide bonds. The van der Waals surface area contributed by atoms with E-state index < -0.39 is 0 Å². The van der Waals surface area contributed by atoms with E-state index in [1.807, 2.05) is 36.4 Å². The lowest BCUT2D eigenvalue weighted by atomic mass is 9.92. The number of benzene rings is 2. The van der Waals surface area contributed by atoms with Crippen molar-refractivity contribution in [2.75, 3.05) is 13.7 Å². The molecule has 106 valence electrons. The van der Waals surface area contributed by atoms with Gasteiger partial charge in [-0.1, -0.05) is 44.0 Å². The van der Waals surface area contributed by atoms with E-state index in [-0.39, 0.29) is 12.5 Å². The largest absolute Gasteiger partial charge is 0.497 e. The minimum Gasteiger partial charge on any atom is -0.497 e. The van der Waals surface area contributed by atoms with E-state index in [1.54, 1.807) is 7.11 Å². The molecular weight excluding hydrogens is 384 g/mol. The SMILES string of the molecule is COc1ccc(Br)c(CC(CO)c2cccc(Br)c2)c1. The summed E-state index contributed by atoms with van der Waals surface area (Å²) in [5.74, 6) is 0.894. The molecular formula is C16H16Br2O2. The molecule has 4 heteroatoms. The van der Waals surface area contributed by atoms with Crippen LogP contribution in [-0.2, 0) is 6.42 Å². The third kappa shape index (κ3) is 3.84. The fourth-order valence-electron chi connectivity index (χ4n) is 2.15. The predicted octanol–water partition coefficient (Wildman–Crippen LogP) is 4.54. The van der Waals surface area contributed by atoms with Gasteiger partial charge in [0.05, 0.1) is 13.7 Å². The normalized spacial score (nSPS) is 12.2. The van der Waals surface area contributed by atoms with Gasteiger partial charge in [-0.2, -0.15) is 0 Å². The highest BCUT2D eigenvalue weighted by atomic mass is 79.9. The van der Waals surface area contributed by atoms with Gasteiger partial charge in [0.25, 0.3) is 0 Å².